The Hall–Kier alpha value is -0.450. The van der Waals surface area contributed by atoms with Crippen LogP contribution in [0, 0.1) is 12.8 Å². The smallest absolute Gasteiger partial charge is 0.0897 e. The van der Waals surface area contributed by atoms with E-state index in [4.69, 9.17) is 0 Å². The topological polar surface area (TPSA) is 19.4 Å². The first-order valence-electron chi connectivity index (χ1n) is 7.69. The van der Waals surface area contributed by atoms with Crippen molar-refractivity contribution < 1.29 is 0 Å². The second kappa shape index (κ2) is 4.83. The fraction of sp³-hybridized carbons (Fsp3) is 0.800. The lowest BCUT2D eigenvalue weighted by Gasteiger charge is -2.25. The Morgan fingerprint density at radius 1 is 1.16 bits per heavy atom. The van der Waals surface area contributed by atoms with Gasteiger partial charge in [-0.3, -0.25) is 9.80 Å². The minimum Gasteiger partial charge on any atom is -0.298 e. The lowest BCUT2D eigenvalue weighted by atomic mass is 10.1. The van der Waals surface area contributed by atoms with Crippen LogP contribution in [-0.4, -0.2) is 46.5 Å². The molecule has 0 radical (unpaired) electrons. The molecule has 0 unspecified atom stereocenters. The Bertz CT molecular complexity index is 454. The summed E-state index contributed by atoms with van der Waals surface area (Å²) in [4.78, 5) is 10.1. The Balaban J connectivity index is 1.40. The fourth-order valence-corrected chi connectivity index (χ4v) is 4.51. The van der Waals surface area contributed by atoms with Crippen molar-refractivity contribution in [1.82, 2.24) is 14.8 Å². The molecule has 0 N–H and O–H groups in total. The molecule has 3 fully saturated rings. The molecule has 1 saturated carbocycles. The maximum Gasteiger partial charge on any atom is 0.0897 e. The van der Waals surface area contributed by atoms with Crippen LogP contribution < -0.4 is 0 Å². The minimum atomic E-state index is 0.806. The van der Waals surface area contributed by atoms with Crippen molar-refractivity contribution in [3.8, 4) is 0 Å². The molecular weight excluding hydrogens is 254 g/mol. The summed E-state index contributed by atoms with van der Waals surface area (Å²) in [5.41, 5.74) is 1.28. The third-order valence-electron chi connectivity index (χ3n) is 5.03. The first-order chi connectivity index (χ1) is 9.29. The highest BCUT2D eigenvalue weighted by atomic mass is 32.1. The zero-order valence-electron chi connectivity index (χ0n) is 11.7. The molecule has 0 amide bonds. The maximum absolute atomic E-state index is 4.63. The van der Waals surface area contributed by atoms with Gasteiger partial charge in [0.1, 0.15) is 0 Å². The molecule has 3 heterocycles. The number of rotatable bonds is 4. The van der Waals surface area contributed by atoms with Crippen molar-refractivity contribution in [1.29, 1.82) is 0 Å². The standard InChI is InChI=1S/C15H23N3S/c1-11-16-13(10-19-11)9-18-7-5-14-15(18)4-6-17(14)8-12-2-3-12/h10,12,14-15H,2-9H2,1H3/t14-,15-/m1/s1. The van der Waals surface area contributed by atoms with Crippen LogP contribution in [0.1, 0.15) is 36.4 Å². The summed E-state index contributed by atoms with van der Waals surface area (Å²) in [6.07, 6.45) is 5.71. The van der Waals surface area contributed by atoms with E-state index in [2.05, 4.69) is 27.1 Å². The van der Waals surface area contributed by atoms with Gasteiger partial charge in [0.05, 0.1) is 10.7 Å². The van der Waals surface area contributed by atoms with Gasteiger partial charge in [-0.2, -0.15) is 0 Å². The summed E-state index contributed by atoms with van der Waals surface area (Å²) in [6, 6.07) is 1.65. The van der Waals surface area contributed by atoms with Gasteiger partial charge in [0.2, 0.25) is 0 Å². The van der Waals surface area contributed by atoms with Gasteiger partial charge in [-0.25, -0.2) is 4.98 Å². The summed E-state index contributed by atoms with van der Waals surface area (Å²) in [5, 5.41) is 3.44. The molecule has 3 nitrogen and oxygen atoms in total. The third kappa shape index (κ3) is 2.46. The number of likely N-dealkylation sites (tertiary alicyclic amines) is 2. The van der Waals surface area contributed by atoms with Crippen LogP contribution in [-0.2, 0) is 6.54 Å². The number of aromatic nitrogens is 1. The van der Waals surface area contributed by atoms with Crippen molar-refractivity contribution in [3.05, 3.63) is 16.1 Å². The first kappa shape index (κ1) is 12.3. The van der Waals surface area contributed by atoms with E-state index in [1.54, 1.807) is 11.3 Å². The van der Waals surface area contributed by atoms with Crippen molar-refractivity contribution >= 4 is 11.3 Å². The predicted molar refractivity (Wildman–Crippen MR) is 78.4 cm³/mol. The first-order valence-corrected chi connectivity index (χ1v) is 8.56. The average Bonchev–Trinajstić information content (AvgIpc) is 2.80. The van der Waals surface area contributed by atoms with Crippen LogP contribution in [0.15, 0.2) is 5.38 Å². The van der Waals surface area contributed by atoms with E-state index in [1.165, 1.54) is 56.0 Å². The van der Waals surface area contributed by atoms with E-state index in [1.807, 2.05) is 0 Å². The molecule has 1 aromatic rings. The average molecular weight is 277 g/mol. The molecular formula is C15H23N3S. The van der Waals surface area contributed by atoms with E-state index in [9.17, 15) is 0 Å². The van der Waals surface area contributed by atoms with Crippen molar-refractivity contribution in [2.24, 2.45) is 5.92 Å². The number of aryl methyl sites for hydroxylation is 1. The van der Waals surface area contributed by atoms with E-state index >= 15 is 0 Å². The lowest BCUT2D eigenvalue weighted by Crippen LogP contribution is -2.37. The normalized spacial score (nSPS) is 32.1. The Kier molecular flexibility index (Phi) is 3.13. The summed E-state index contributed by atoms with van der Waals surface area (Å²) in [5.74, 6) is 1.04. The van der Waals surface area contributed by atoms with E-state index < -0.39 is 0 Å². The molecule has 1 aliphatic carbocycles. The Labute approximate surface area is 119 Å². The minimum absolute atomic E-state index is 0.806. The zero-order valence-corrected chi connectivity index (χ0v) is 12.5. The molecule has 104 valence electrons. The Morgan fingerprint density at radius 3 is 2.58 bits per heavy atom. The SMILES string of the molecule is Cc1nc(CN2CC[C@@H]3[C@H]2CCN3CC2CC2)cs1. The van der Waals surface area contributed by atoms with E-state index in [0.717, 1.165) is 24.5 Å². The van der Waals surface area contributed by atoms with E-state index in [-0.39, 0.29) is 0 Å². The number of hydrogen-bond acceptors (Lipinski definition) is 4. The monoisotopic (exact) mass is 277 g/mol. The molecule has 1 aromatic heterocycles. The lowest BCUT2D eigenvalue weighted by molar-refractivity contribution is 0.211. The number of nitrogens with zero attached hydrogens (tertiary/aromatic N) is 3. The van der Waals surface area contributed by atoms with Crippen LogP contribution in [0.5, 0.6) is 0 Å². The molecule has 0 spiro atoms. The highest BCUT2D eigenvalue weighted by molar-refractivity contribution is 7.09. The second-order valence-corrected chi connectivity index (χ2v) is 7.54. The van der Waals surface area contributed by atoms with Gasteiger partial charge in [-0.05, 0) is 38.5 Å². The Morgan fingerprint density at radius 2 is 1.89 bits per heavy atom. The van der Waals surface area contributed by atoms with Crippen molar-refractivity contribution in [2.45, 2.75) is 51.2 Å². The fourth-order valence-electron chi connectivity index (χ4n) is 3.91. The molecule has 2 aliphatic heterocycles. The molecule has 4 rings (SSSR count). The predicted octanol–water partition coefficient (Wildman–Crippen LogP) is 2.51. The molecule has 19 heavy (non-hydrogen) atoms. The van der Waals surface area contributed by atoms with Crippen molar-refractivity contribution in [2.75, 3.05) is 19.6 Å². The number of hydrogen-bond donors (Lipinski definition) is 0. The molecule has 2 atom stereocenters. The largest absolute Gasteiger partial charge is 0.298 e. The van der Waals surface area contributed by atoms with Gasteiger partial charge >= 0.3 is 0 Å². The number of thiazole rings is 1. The van der Waals surface area contributed by atoms with Gasteiger partial charge in [0.15, 0.2) is 0 Å². The summed E-state index contributed by atoms with van der Waals surface area (Å²) >= 11 is 1.78. The number of fused-ring (bicyclic) bond motifs is 1. The highest BCUT2D eigenvalue weighted by Gasteiger charge is 2.43. The quantitative estimate of drug-likeness (QED) is 0.843. The summed E-state index contributed by atoms with van der Waals surface area (Å²) in [7, 11) is 0. The molecule has 2 saturated heterocycles. The van der Waals surface area contributed by atoms with E-state index in [0.29, 0.717) is 0 Å². The van der Waals surface area contributed by atoms with Crippen molar-refractivity contribution in [3.63, 3.8) is 0 Å². The second-order valence-electron chi connectivity index (χ2n) is 6.48. The zero-order chi connectivity index (χ0) is 12.8. The van der Waals surface area contributed by atoms with Crippen LogP contribution in [0.3, 0.4) is 0 Å². The molecule has 3 aliphatic rings. The maximum atomic E-state index is 4.63. The van der Waals surface area contributed by atoms with Crippen LogP contribution in [0.4, 0.5) is 0 Å². The third-order valence-corrected chi connectivity index (χ3v) is 5.85. The molecule has 0 bridgehead atoms. The van der Waals surface area contributed by atoms with Gasteiger partial charge in [-0.1, -0.05) is 0 Å². The summed E-state index contributed by atoms with van der Waals surface area (Å²) < 4.78 is 0. The van der Waals surface area contributed by atoms with Gasteiger partial charge in [0, 0.05) is 43.6 Å². The molecule has 4 heteroatoms. The van der Waals surface area contributed by atoms with Crippen LogP contribution in [0.25, 0.3) is 0 Å². The van der Waals surface area contributed by atoms with Gasteiger partial charge in [-0.15, -0.1) is 11.3 Å². The van der Waals surface area contributed by atoms with Crippen LogP contribution in [0.2, 0.25) is 0 Å². The van der Waals surface area contributed by atoms with Gasteiger partial charge in [0.25, 0.3) is 0 Å². The van der Waals surface area contributed by atoms with Crippen LogP contribution >= 0.6 is 11.3 Å². The van der Waals surface area contributed by atoms with Gasteiger partial charge < -0.3 is 0 Å². The highest BCUT2D eigenvalue weighted by Crippen LogP contribution is 2.37. The molecule has 0 aromatic carbocycles. The summed E-state index contributed by atoms with van der Waals surface area (Å²) in [6.45, 7) is 7.16.